The van der Waals surface area contributed by atoms with Crippen LogP contribution >= 0.6 is 0 Å². The molecule has 10 heteroatoms. The Morgan fingerprint density at radius 2 is 1.45 bits per heavy atom. The average molecular weight is 546 g/mol. The van der Waals surface area contributed by atoms with Crippen molar-refractivity contribution in [3.05, 3.63) is 130 Å². The van der Waals surface area contributed by atoms with Gasteiger partial charge in [-0.15, -0.1) is 0 Å². The summed E-state index contributed by atoms with van der Waals surface area (Å²) in [5, 5.41) is 6.41. The van der Waals surface area contributed by atoms with E-state index in [-0.39, 0.29) is 22.6 Å². The van der Waals surface area contributed by atoms with Gasteiger partial charge in [0.1, 0.15) is 5.75 Å². The van der Waals surface area contributed by atoms with Crippen LogP contribution in [-0.2, 0) is 6.18 Å². The van der Waals surface area contributed by atoms with Gasteiger partial charge in [0.15, 0.2) is 0 Å². The smallest absolute Gasteiger partial charge is 0.416 e. The second kappa shape index (κ2) is 12.1. The first-order chi connectivity index (χ1) is 19.1. The van der Waals surface area contributed by atoms with Crippen LogP contribution in [-0.4, -0.2) is 24.0 Å². The summed E-state index contributed by atoms with van der Waals surface area (Å²) in [5.74, 6) is -1.68. The van der Waals surface area contributed by atoms with Crippen molar-refractivity contribution in [2.45, 2.75) is 13.1 Å². The number of amides is 2. The molecule has 0 aliphatic heterocycles. The number of aryl methyl sites for hydroxylation is 1. The SMILES string of the molecule is Cc1ccc(C(=O)Oc2ccccc2C=NNC(=O)c2cccc(NC(=O)c3cccc(C(F)(F)F)c3)c2)cc1. The fourth-order valence-corrected chi connectivity index (χ4v) is 3.53. The van der Waals surface area contributed by atoms with Crippen LogP contribution in [0.15, 0.2) is 102 Å². The summed E-state index contributed by atoms with van der Waals surface area (Å²) in [4.78, 5) is 37.6. The first-order valence-corrected chi connectivity index (χ1v) is 11.9. The predicted molar refractivity (Wildman–Crippen MR) is 143 cm³/mol. The lowest BCUT2D eigenvalue weighted by molar-refractivity contribution is -0.137. The summed E-state index contributed by atoms with van der Waals surface area (Å²) in [6.07, 6.45) is -3.27. The van der Waals surface area contributed by atoms with Gasteiger partial charge in [0.05, 0.1) is 17.3 Å². The third kappa shape index (κ3) is 7.19. The zero-order chi connectivity index (χ0) is 28.7. The zero-order valence-corrected chi connectivity index (χ0v) is 21.0. The molecule has 0 aliphatic carbocycles. The number of nitrogens with zero attached hydrogens (tertiary/aromatic N) is 1. The molecular formula is C30H22F3N3O4. The van der Waals surface area contributed by atoms with Crippen molar-refractivity contribution in [1.82, 2.24) is 5.43 Å². The standard InChI is InChI=1S/C30H22F3N3O4/c1-19-12-14-20(15-13-19)29(39)40-26-11-3-2-6-23(26)18-34-36-28(38)22-8-5-10-25(17-22)35-27(37)21-7-4-9-24(16-21)30(31,32)33/h2-18H,1H3,(H,35,37)(H,36,38). The Balaban J connectivity index is 1.40. The van der Waals surface area contributed by atoms with Crippen molar-refractivity contribution >= 4 is 29.7 Å². The summed E-state index contributed by atoms with van der Waals surface area (Å²) in [7, 11) is 0. The van der Waals surface area contributed by atoms with Gasteiger partial charge >= 0.3 is 12.1 Å². The molecule has 0 aliphatic rings. The van der Waals surface area contributed by atoms with Gasteiger partial charge in [-0.05, 0) is 67.6 Å². The van der Waals surface area contributed by atoms with Gasteiger partial charge < -0.3 is 10.1 Å². The van der Waals surface area contributed by atoms with Crippen LogP contribution < -0.4 is 15.5 Å². The van der Waals surface area contributed by atoms with Crippen LogP contribution in [0.3, 0.4) is 0 Å². The number of para-hydroxylation sites is 1. The van der Waals surface area contributed by atoms with E-state index >= 15 is 0 Å². The molecule has 0 heterocycles. The molecule has 0 bridgehead atoms. The van der Waals surface area contributed by atoms with E-state index in [1.165, 1.54) is 36.5 Å². The summed E-state index contributed by atoms with van der Waals surface area (Å²) in [6, 6.07) is 23.4. The minimum atomic E-state index is -4.59. The Bertz CT molecular complexity index is 1580. The fourth-order valence-electron chi connectivity index (χ4n) is 3.53. The number of hydrogen-bond acceptors (Lipinski definition) is 5. The molecule has 4 rings (SSSR count). The number of benzene rings is 4. The average Bonchev–Trinajstić information content (AvgIpc) is 2.94. The number of alkyl halides is 3. The molecule has 0 unspecified atom stereocenters. The van der Waals surface area contributed by atoms with Crippen molar-refractivity contribution in [3.8, 4) is 5.75 Å². The molecule has 0 saturated carbocycles. The number of ether oxygens (including phenoxy) is 1. The van der Waals surface area contributed by atoms with E-state index in [0.29, 0.717) is 11.1 Å². The van der Waals surface area contributed by atoms with E-state index in [1.54, 1.807) is 48.5 Å². The lowest BCUT2D eigenvalue weighted by Gasteiger charge is -2.10. The van der Waals surface area contributed by atoms with Gasteiger partial charge in [0.25, 0.3) is 11.8 Å². The van der Waals surface area contributed by atoms with Crippen LogP contribution in [0.5, 0.6) is 5.75 Å². The lowest BCUT2D eigenvalue weighted by Crippen LogP contribution is -2.18. The predicted octanol–water partition coefficient (Wildman–Crippen LogP) is 6.25. The molecule has 4 aromatic carbocycles. The number of halogens is 3. The van der Waals surface area contributed by atoms with Crippen LogP contribution in [0.4, 0.5) is 18.9 Å². The highest BCUT2D eigenvalue weighted by molar-refractivity contribution is 6.05. The summed E-state index contributed by atoms with van der Waals surface area (Å²) in [5.41, 5.74) is 3.38. The summed E-state index contributed by atoms with van der Waals surface area (Å²) < 4.78 is 44.4. The largest absolute Gasteiger partial charge is 0.422 e. The topological polar surface area (TPSA) is 96.9 Å². The van der Waals surface area contributed by atoms with Gasteiger partial charge in [-0.3, -0.25) is 9.59 Å². The number of rotatable bonds is 7. The number of hydrogen-bond donors (Lipinski definition) is 2. The molecule has 0 aromatic heterocycles. The molecule has 4 aromatic rings. The Kier molecular flexibility index (Phi) is 8.39. The number of carbonyl (C=O) groups is 3. The quantitative estimate of drug-likeness (QED) is 0.124. The molecule has 7 nitrogen and oxygen atoms in total. The monoisotopic (exact) mass is 545 g/mol. The second-order valence-electron chi connectivity index (χ2n) is 8.61. The van der Waals surface area contributed by atoms with E-state index in [4.69, 9.17) is 4.74 Å². The summed E-state index contributed by atoms with van der Waals surface area (Å²) in [6.45, 7) is 1.90. The molecule has 0 saturated heterocycles. The molecule has 2 amide bonds. The molecule has 0 radical (unpaired) electrons. The van der Waals surface area contributed by atoms with Crippen LogP contribution in [0.1, 0.15) is 47.8 Å². The van der Waals surface area contributed by atoms with Crippen molar-refractivity contribution in [2.75, 3.05) is 5.32 Å². The molecule has 2 N–H and O–H groups in total. The first-order valence-electron chi connectivity index (χ1n) is 11.9. The Morgan fingerprint density at radius 1 is 0.775 bits per heavy atom. The van der Waals surface area contributed by atoms with E-state index in [0.717, 1.165) is 23.8 Å². The highest BCUT2D eigenvalue weighted by atomic mass is 19.4. The second-order valence-corrected chi connectivity index (χ2v) is 8.61. The van der Waals surface area contributed by atoms with Crippen molar-refractivity contribution in [3.63, 3.8) is 0 Å². The maximum Gasteiger partial charge on any atom is 0.416 e. The number of hydrazone groups is 1. The third-order valence-corrected chi connectivity index (χ3v) is 5.61. The fraction of sp³-hybridized carbons (Fsp3) is 0.0667. The minimum Gasteiger partial charge on any atom is -0.422 e. The third-order valence-electron chi connectivity index (χ3n) is 5.61. The Labute approximate surface area is 227 Å². The van der Waals surface area contributed by atoms with E-state index in [1.807, 2.05) is 6.92 Å². The maximum atomic E-state index is 13.0. The zero-order valence-electron chi connectivity index (χ0n) is 21.0. The van der Waals surface area contributed by atoms with Crippen LogP contribution in [0, 0.1) is 6.92 Å². The van der Waals surface area contributed by atoms with E-state index in [9.17, 15) is 27.6 Å². The lowest BCUT2D eigenvalue weighted by atomic mass is 10.1. The van der Waals surface area contributed by atoms with Gasteiger partial charge in [-0.2, -0.15) is 18.3 Å². The van der Waals surface area contributed by atoms with E-state index < -0.39 is 29.5 Å². The van der Waals surface area contributed by atoms with Gasteiger partial charge in [-0.1, -0.05) is 42.0 Å². The van der Waals surface area contributed by atoms with Crippen molar-refractivity contribution in [2.24, 2.45) is 5.10 Å². The van der Waals surface area contributed by atoms with Crippen molar-refractivity contribution in [1.29, 1.82) is 0 Å². The highest BCUT2D eigenvalue weighted by Crippen LogP contribution is 2.29. The first kappa shape index (κ1) is 27.8. The Hall–Kier alpha value is -5.25. The summed E-state index contributed by atoms with van der Waals surface area (Å²) >= 11 is 0. The maximum absolute atomic E-state index is 13.0. The molecule has 202 valence electrons. The number of anilines is 1. The van der Waals surface area contributed by atoms with E-state index in [2.05, 4.69) is 15.8 Å². The number of carbonyl (C=O) groups excluding carboxylic acids is 3. The van der Waals surface area contributed by atoms with Gasteiger partial charge in [-0.25, -0.2) is 10.2 Å². The van der Waals surface area contributed by atoms with Gasteiger partial charge in [0, 0.05) is 22.4 Å². The number of esters is 1. The van der Waals surface area contributed by atoms with Crippen LogP contribution in [0.25, 0.3) is 0 Å². The van der Waals surface area contributed by atoms with Gasteiger partial charge in [0.2, 0.25) is 0 Å². The molecule has 0 spiro atoms. The minimum absolute atomic E-state index is 0.137. The molecule has 40 heavy (non-hydrogen) atoms. The van der Waals surface area contributed by atoms with Crippen molar-refractivity contribution < 1.29 is 32.3 Å². The number of nitrogens with one attached hydrogen (secondary N) is 2. The Morgan fingerprint density at radius 3 is 2.17 bits per heavy atom. The van der Waals surface area contributed by atoms with Crippen LogP contribution in [0.2, 0.25) is 0 Å². The normalized spacial score (nSPS) is 11.2. The molecular weight excluding hydrogens is 523 g/mol. The molecule has 0 fully saturated rings. The molecule has 0 atom stereocenters. The highest BCUT2D eigenvalue weighted by Gasteiger charge is 2.30.